The van der Waals surface area contributed by atoms with Crippen molar-refractivity contribution in [3.05, 3.63) is 58.1 Å². The van der Waals surface area contributed by atoms with Crippen LogP contribution in [0, 0.1) is 12.8 Å². The van der Waals surface area contributed by atoms with E-state index in [4.69, 9.17) is 4.74 Å². The molecule has 1 aliphatic rings. The maximum absolute atomic E-state index is 12.3. The zero-order chi connectivity index (χ0) is 15.7. The van der Waals surface area contributed by atoms with Crippen molar-refractivity contribution in [2.75, 3.05) is 12.4 Å². The zero-order valence-corrected chi connectivity index (χ0v) is 14.2. The number of hydrogen-bond acceptors (Lipinski definition) is 2. The first-order valence-electron chi connectivity index (χ1n) is 7.29. The lowest BCUT2D eigenvalue weighted by molar-refractivity contribution is -0.117. The third-order valence-electron chi connectivity index (χ3n) is 4.11. The summed E-state index contributed by atoms with van der Waals surface area (Å²) in [5, 5.41) is 3.00. The van der Waals surface area contributed by atoms with Crippen LogP contribution in [-0.2, 0) is 4.79 Å². The topological polar surface area (TPSA) is 38.3 Å². The molecular weight excluding hydrogens is 342 g/mol. The van der Waals surface area contributed by atoms with Gasteiger partial charge in [0.15, 0.2) is 0 Å². The Kier molecular flexibility index (Phi) is 4.21. The molecule has 2 aromatic carbocycles. The van der Waals surface area contributed by atoms with E-state index < -0.39 is 0 Å². The molecule has 0 saturated heterocycles. The van der Waals surface area contributed by atoms with E-state index in [1.807, 2.05) is 49.4 Å². The number of benzene rings is 2. The Hall–Kier alpha value is -1.81. The van der Waals surface area contributed by atoms with E-state index in [-0.39, 0.29) is 11.8 Å². The number of halogens is 1. The molecule has 0 aliphatic heterocycles. The Morgan fingerprint density at radius 2 is 1.95 bits per heavy atom. The quantitative estimate of drug-likeness (QED) is 0.871. The highest BCUT2D eigenvalue weighted by Crippen LogP contribution is 2.48. The van der Waals surface area contributed by atoms with E-state index in [0.717, 1.165) is 27.9 Å². The molecule has 2 aromatic rings. The van der Waals surface area contributed by atoms with Crippen molar-refractivity contribution in [3.63, 3.8) is 0 Å². The summed E-state index contributed by atoms with van der Waals surface area (Å²) in [6.07, 6.45) is 0.908. The summed E-state index contributed by atoms with van der Waals surface area (Å²) in [7, 11) is 1.65. The van der Waals surface area contributed by atoms with Gasteiger partial charge in [-0.15, -0.1) is 0 Å². The fourth-order valence-corrected chi connectivity index (χ4v) is 2.99. The van der Waals surface area contributed by atoms with Crippen molar-refractivity contribution in [3.8, 4) is 5.75 Å². The average Bonchev–Trinajstić information content (AvgIpc) is 3.32. The van der Waals surface area contributed by atoms with Gasteiger partial charge in [-0.1, -0.05) is 34.1 Å². The van der Waals surface area contributed by atoms with Gasteiger partial charge in [0.25, 0.3) is 0 Å². The number of carbonyl (C=O) groups is 1. The van der Waals surface area contributed by atoms with E-state index in [2.05, 4.69) is 21.2 Å². The maximum atomic E-state index is 12.3. The molecule has 0 radical (unpaired) electrons. The predicted octanol–water partition coefficient (Wildman–Crippen LogP) is 4.51. The van der Waals surface area contributed by atoms with E-state index in [1.165, 1.54) is 5.56 Å². The van der Waals surface area contributed by atoms with Crippen molar-refractivity contribution < 1.29 is 9.53 Å². The minimum atomic E-state index is 0.0634. The number of carbonyl (C=O) groups excluding carboxylic acids is 1. The molecule has 0 bridgehead atoms. The number of methoxy groups -OCH3 is 1. The van der Waals surface area contributed by atoms with Crippen LogP contribution in [-0.4, -0.2) is 13.0 Å². The van der Waals surface area contributed by atoms with E-state index >= 15 is 0 Å². The largest absolute Gasteiger partial charge is 0.497 e. The lowest BCUT2D eigenvalue weighted by Gasteiger charge is -2.07. The molecule has 0 aromatic heterocycles. The van der Waals surface area contributed by atoms with Gasteiger partial charge < -0.3 is 10.1 Å². The minimum Gasteiger partial charge on any atom is -0.497 e. The fourth-order valence-electron chi connectivity index (χ4n) is 2.61. The zero-order valence-electron chi connectivity index (χ0n) is 12.6. The summed E-state index contributed by atoms with van der Waals surface area (Å²) in [6, 6.07) is 13.8. The molecule has 4 heteroatoms. The Morgan fingerprint density at radius 1 is 1.23 bits per heavy atom. The first kappa shape index (κ1) is 15.1. The van der Waals surface area contributed by atoms with Crippen LogP contribution >= 0.6 is 15.9 Å². The lowest BCUT2D eigenvalue weighted by atomic mass is 10.1. The van der Waals surface area contributed by atoms with Gasteiger partial charge in [-0.2, -0.15) is 0 Å². The molecule has 2 atom stereocenters. The molecule has 3 nitrogen and oxygen atoms in total. The summed E-state index contributed by atoms with van der Waals surface area (Å²) < 4.78 is 6.17. The van der Waals surface area contributed by atoms with Crippen molar-refractivity contribution in [2.45, 2.75) is 19.3 Å². The monoisotopic (exact) mass is 359 g/mol. The van der Waals surface area contributed by atoms with Gasteiger partial charge in [-0.3, -0.25) is 4.79 Å². The summed E-state index contributed by atoms with van der Waals surface area (Å²) in [5.41, 5.74) is 3.19. The van der Waals surface area contributed by atoms with Crippen LogP contribution < -0.4 is 10.1 Å². The third kappa shape index (κ3) is 3.17. The minimum absolute atomic E-state index is 0.0634. The smallest absolute Gasteiger partial charge is 0.228 e. The van der Waals surface area contributed by atoms with Gasteiger partial charge >= 0.3 is 0 Å². The van der Waals surface area contributed by atoms with Crippen LogP contribution in [0.25, 0.3) is 0 Å². The fraction of sp³-hybridized carbons (Fsp3) is 0.278. The van der Waals surface area contributed by atoms with Gasteiger partial charge in [0, 0.05) is 16.1 Å². The second-order valence-corrected chi connectivity index (χ2v) is 6.53. The summed E-state index contributed by atoms with van der Waals surface area (Å²) in [5.74, 6) is 1.32. The molecule has 1 fully saturated rings. The van der Waals surface area contributed by atoms with Crippen molar-refractivity contribution in [1.82, 2.24) is 0 Å². The Labute approximate surface area is 138 Å². The number of aryl methyl sites for hydroxylation is 1. The number of ether oxygens (including phenoxy) is 1. The predicted molar refractivity (Wildman–Crippen MR) is 91.4 cm³/mol. The SMILES string of the molecule is COc1ccc(C2CC2C(=O)Nc2ccc(C)c(Br)c2)cc1. The highest BCUT2D eigenvalue weighted by atomic mass is 79.9. The molecule has 1 aliphatic carbocycles. The summed E-state index contributed by atoms with van der Waals surface area (Å²) in [4.78, 5) is 12.3. The molecule has 1 saturated carbocycles. The number of amides is 1. The van der Waals surface area contributed by atoms with E-state index in [0.29, 0.717) is 5.92 Å². The molecule has 22 heavy (non-hydrogen) atoms. The first-order chi connectivity index (χ1) is 10.6. The number of rotatable bonds is 4. The van der Waals surface area contributed by atoms with Crippen molar-refractivity contribution in [1.29, 1.82) is 0 Å². The van der Waals surface area contributed by atoms with Gasteiger partial charge in [-0.25, -0.2) is 0 Å². The molecule has 0 spiro atoms. The van der Waals surface area contributed by atoms with Crippen LogP contribution in [0.5, 0.6) is 5.75 Å². The van der Waals surface area contributed by atoms with Crippen molar-refractivity contribution in [2.24, 2.45) is 5.92 Å². The van der Waals surface area contributed by atoms with Crippen LogP contribution in [0.2, 0.25) is 0 Å². The Balaban J connectivity index is 1.63. The van der Waals surface area contributed by atoms with Crippen LogP contribution in [0.15, 0.2) is 46.9 Å². The highest BCUT2D eigenvalue weighted by molar-refractivity contribution is 9.10. The van der Waals surface area contributed by atoms with Gasteiger partial charge in [0.05, 0.1) is 7.11 Å². The molecular formula is C18H18BrNO2. The second-order valence-electron chi connectivity index (χ2n) is 5.68. The third-order valence-corrected chi connectivity index (χ3v) is 4.96. The second kappa shape index (κ2) is 6.13. The number of anilines is 1. The summed E-state index contributed by atoms with van der Waals surface area (Å²) >= 11 is 3.49. The lowest BCUT2D eigenvalue weighted by Crippen LogP contribution is -2.14. The van der Waals surface area contributed by atoms with Gasteiger partial charge in [-0.05, 0) is 54.7 Å². The Bertz CT molecular complexity index is 697. The van der Waals surface area contributed by atoms with Gasteiger partial charge in [0.2, 0.25) is 5.91 Å². The molecule has 114 valence electrons. The van der Waals surface area contributed by atoms with Crippen molar-refractivity contribution >= 4 is 27.5 Å². The molecule has 3 rings (SSSR count). The van der Waals surface area contributed by atoms with Gasteiger partial charge in [0.1, 0.15) is 5.75 Å². The number of nitrogens with one attached hydrogen (secondary N) is 1. The molecule has 2 unspecified atom stereocenters. The normalized spacial score (nSPS) is 19.6. The van der Waals surface area contributed by atoms with Crippen LogP contribution in [0.4, 0.5) is 5.69 Å². The van der Waals surface area contributed by atoms with E-state index in [1.54, 1.807) is 7.11 Å². The van der Waals surface area contributed by atoms with Crippen LogP contribution in [0.3, 0.4) is 0 Å². The maximum Gasteiger partial charge on any atom is 0.228 e. The molecule has 0 heterocycles. The van der Waals surface area contributed by atoms with Crippen LogP contribution in [0.1, 0.15) is 23.5 Å². The number of hydrogen-bond donors (Lipinski definition) is 1. The van der Waals surface area contributed by atoms with E-state index in [9.17, 15) is 4.79 Å². The highest BCUT2D eigenvalue weighted by Gasteiger charge is 2.43. The average molecular weight is 360 g/mol. The Morgan fingerprint density at radius 3 is 2.59 bits per heavy atom. The molecule has 1 amide bonds. The summed E-state index contributed by atoms with van der Waals surface area (Å²) in [6.45, 7) is 2.02. The standard InChI is InChI=1S/C18H18BrNO2/c1-11-3-6-13(9-17(11)19)20-18(21)16-10-15(16)12-4-7-14(22-2)8-5-12/h3-9,15-16H,10H2,1-2H3,(H,20,21). The molecule has 1 N–H and O–H groups in total. The first-order valence-corrected chi connectivity index (χ1v) is 8.09.